The average molecular weight is 357 g/mol. The third-order valence-corrected chi connectivity index (χ3v) is 5.71. The highest BCUT2D eigenvalue weighted by Gasteiger charge is 2.17. The van der Waals surface area contributed by atoms with E-state index in [4.69, 9.17) is 0 Å². The average Bonchev–Trinajstić information content (AvgIpc) is 2.46. The molecule has 0 radical (unpaired) electrons. The Morgan fingerprint density at radius 1 is 1.30 bits per heavy atom. The minimum absolute atomic E-state index is 0.283. The summed E-state index contributed by atoms with van der Waals surface area (Å²) >= 11 is 3.50. The number of sulfonamides is 1. The first-order valence-corrected chi connectivity index (χ1v) is 8.92. The molecular formula is C14H17BrN2O2S. The molecule has 20 heavy (non-hydrogen) atoms. The van der Waals surface area contributed by atoms with Gasteiger partial charge in [-0.15, -0.1) is 0 Å². The highest BCUT2D eigenvalue weighted by Crippen LogP contribution is 2.21. The van der Waals surface area contributed by atoms with Crippen LogP contribution >= 0.6 is 15.9 Å². The van der Waals surface area contributed by atoms with E-state index in [0.717, 1.165) is 12.8 Å². The van der Waals surface area contributed by atoms with Crippen molar-refractivity contribution in [2.45, 2.75) is 29.5 Å². The van der Waals surface area contributed by atoms with Crippen molar-refractivity contribution in [3.63, 3.8) is 0 Å². The minimum atomic E-state index is -3.50. The Labute approximate surface area is 127 Å². The van der Waals surface area contributed by atoms with Crippen LogP contribution in [-0.4, -0.2) is 24.8 Å². The lowest BCUT2D eigenvalue weighted by Gasteiger charge is -2.10. The van der Waals surface area contributed by atoms with Crippen molar-refractivity contribution in [2.24, 2.45) is 0 Å². The van der Waals surface area contributed by atoms with Gasteiger partial charge in [0, 0.05) is 23.0 Å². The zero-order valence-corrected chi connectivity index (χ0v) is 13.6. The predicted molar refractivity (Wildman–Crippen MR) is 84.6 cm³/mol. The molecule has 1 aromatic carbocycles. The molecule has 0 saturated heterocycles. The summed E-state index contributed by atoms with van der Waals surface area (Å²) in [4.78, 5) is 4.79. The van der Waals surface area contributed by atoms with Crippen LogP contribution in [0.5, 0.6) is 0 Å². The van der Waals surface area contributed by atoms with Gasteiger partial charge in [-0.05, 0) is 37.1 Å². The van der Waals surface area contributed by atoms with Gasteiger partial charge in [-0.1, -0.05) is 28.9 Å². The van der Waals surface area contributed by atoms with Gasteiger partial charge in [0.25, 0.3) is 0 Å². The molecule has 4 nitrogen and oxygen atoms in total. The van der Waals surface area contributed by atoms with Crippen LogP contribution in [0.15, 0.2) is 41.4 Å². The summed E-state index contributed by atoms with van der Waals surface area (Å²) in [6.45, 7) is 2.48. The second-order valence-corrected chi connectivity index (χ2v) is 7.55. The molecule has 1 heterocycles. The zero-order valence-electron chi connectivity index (χ0n) is 11.2. The second kappa shape index (κ2) is 6.65. The lowest BCUT2D eigenvalue weighted by Crippen LogP contribution is -2.26. The molecule has 0 saturated carbocycles. The Kier molecular flexibility index (Phi) is 5.12. The van der Waals surface area contributed by atoms with Crippen LogP contribution in [0.2, 0.25) is 0 Å². The molecule has 0 amide bonds. The number of halogens is 1. The number of rotatable bonds is 6. The van der Waals surface area contributed by atoms with Gasteiger partial charge < -0.3 is 0 Å². The number of alkyl halides is 1. The maximum Gasteiger partial charge on any atom is 0.241 e. The van der Waals surface area contributed by atoms with Crippen LogP contribution in [0, 0.1) is 0 Å². The number of fused-ring (bicyclic) bond motifs is 1. The molecule has 0 aliphatic heterocycles. The quantitative estimate of drug-likeness (QED) is 0.809. The van der Waals surface area contributed by atoms with Crippen molar-refractivity contribution < 1.29 is 8.42 Å². The van der Waals surface area contributed by atoms with Crippen molar-refractivity contribution in [1.82, 2.24) is 9.71 Å². The fourth-order valence-corrected chi connectivity index (χ4v) is 3.43. The molecule has 2 rings (SSSR count). The Morgan fingerprint density at radius 2 is 2.10 bits per heavy atom. The largest absolute Gasteiger partial charge is 0.256 e. The Hall–Kier alpha value is -0.980. The van der Waals surface area contributed by atoms with E-state index in [-0.39, 0.29) is 4.90 Å². The number of nitrogens with one attached hydrogen (secondary N) is 1. The monoisotopic (exact) mass is 356 g/mol. The van der Waals surface area contributed by atoms with Gasteiger partial charge in [0.15, 0.2) is 0 Å². The van der Waals surface area contributed by atoms with E-state index in [1.807, 2.05) is 0 Å². The summed E-state index contributed by atoms with van der Waals surface area (Å²) in [5, 5.41) is 0.647. The van der Waals surface area contributed by atoms with Crippen LogP contribution in [0.1, 0.15) is 19.8 Å². The standard InChI is InChI=1S/C14H17BrN2O2S/c1-2-11(15)8-10-17-20(18,19)14-7-3-6-13-12(14)5-4-9-16-13/h3-7,9,11,17H,2,8,10H2,1H3. The molecule has 0 aliphatic rings. The molecule has 1 unspecified atom stereocenters. The number of nitrogens with zero attached hydrogens (tertiary/aromatic N) is 1. The summed E-state index contributed by atoms with van der Waals surface area (Å²) in [5.41, 5.74) is 0.683. The van der Waals surface area contributed by atoms with Gasteiger partial charge in [-0.25, -0.2) is 13.1 Å². The van der Waals surface area contributed by atoms with Crippen LogP contribution in [0.3, 0.4) is 0 Å². The first-order chi connectivity index (χ1) is 9.54. The molecule has 0 spiro atoms. The summed E-state index contributed by atoms with van der Waals surface area (Å²) in [5.74, 6) is 0. The fraction of sp³-hybridized carbons (Fsp3) is 0.357. The molecule has 108 valence electrons. The highest BCUT2D eigenvalue weighted by molar-refractivity contribution is 9.09. The third kappa shape index (κ3) is 3.56. The lowest BCUT2D eigenvalue weighted by molar-refractivity contribution is 0.578. The fourth-order valence-electron chi connectivity index (χ4n) is 1.94. The first-order valence-electron chi connectivity index (χ1n) is 6.52. The van der Waals surface area contributed by atoms with Gasteiger partial charge >= 0.3 is 0 Å². The van der Waals surface area contributed by atoms with Crippen molar-refractivity contribution in [3.05, 3.63) is 36.5 Å². The SMILES string of the molecule is CCC(Br)CCNS(=O)(=O)c1cccc2ncccc12. The Balaban J connectivity index is 2.24. The van der Waals surface area contributed by atoms with Gasteiger partial charge in [-0.3, -0.25) is 4.98 Å². The minimum Gasteiger partial charge on any atom is -0.256 e. The number of benzene rings is 1. The summed E-state index contributed by atoms with van der Waals surface area (Å²) < 4.78 is 27.4. The topological polar surface area (TPSA) is 59.1 Å². The molecule has 1 aromatic heterocycles. The van der Waals surface area contributed by atoms with Gasteiger partial charge in [0.05, 0.1) is 10.4 Å². The Bertz CT molecular complexity index is 683. The van der Waals surface area contributed by atoms with Crippen molar-refractivity contribution in [3.8, 4) is 0 Å². The van der Waals surface area contributed by atoms with E-state index >= 15 is 0 Å². The van der Waals surface area contributed by atoms with E-state index < -0.39 is 10.0 Å². The van der Waals surface area contributed by atoms with E-state index in [0.29, 0.717) is 22.3 Å². The number of pyridine rings is 1. The van der Waals surface area contributed by atoms with Crippen molar-refractivity contribution in [1.29, 1.82) is 0 Å². The van der Waals surface area contributed by atoms with Crippen LogP contribution in [-0.2, 0) is 10.0 Å². The smallest absolute Gasteiger partial charge is 0.241 e. The zero-order chi connectivity index (χ0) is 14.6. The van der Waals surface area contributed by atoms with Crippen molar-refractivity contribution in [2.75, 3.05) is 6.54 Å². The van der Waals surface area contributed by atoms with Gasteiger partial charge in [0.2, 0.25) is 10.0 Å². The summed E-state index contributed by atoms with van der Waals surface area (Å²) in [6, 6.07) is 8.64. The molecule has 6 heteroatoms. The number of hydrogen-bond donors (Lipinski definition) is 1. The molecule has 2 aromatic rings. The summed E-state index contributed by atoms with van der Waals surface area (Å²) in [7, 11) is -3.50. The molecule has 1 atom stereocenters. The first kappa shape index (κ1) is 15.4. The summed E-state index contributed by atoms with van der Waals surface area (Å²) in [6.07, 6.45) is 3.39. The van der Waals surface area contributed by atoms with E-state index in [1.165, 1.54) is 0 Å². The van der Waals surface area contributed by atoms with Gasteiger partial charge in [-0.2, -0.15) is 0 Å². The normalized spacial score (nSPS) is 13.5. The Morgan fingerprint density at radius 3 is 2.85 bits per heavy atom. The highest BCUT2D eigenvalue weighted by atomic mass is 79.9. The molecular weight excluding hydrogens is 340 g/mol. The molecule has 1 N–H and O–H groups in total. The number of aromatic nitrogens is 1. The second-order valence-electron chi connectivity index (χ2n) is 4.52. The maximum absolute atomic E-state index is 12.4. The van der Waals surface area contributed by atoms with Crippen LogP contribution in [0.4, 0.5) is 0 Å². The van der Waals surface area contributed by atoms with E-state index in [9.17, 15) is 8.42 Å². The molecule has 0 aliphatic carbocycles. The van der Waals surface area contributed by atoms with Crippen molar-refractivity contribution >= 4 is 36.9 Å². The predicted octanol–water partition coefficient (Wildman–Crippen LogP) is 3.08. The van der Waals surface area contributed by atoms with E-state index in [2.05, 4.69) is 32.6 Å². The lowest BCUT2D eigenvalue weighted by atomic mass is 10.2. The third-order valence-electron chi connectivity index (χ3n) is 3.09. The maximum atomic E-state index is 12.4. The van der Waals surface area contributed by atoms with E-state index in [1.54, 1.807) is 36.5 Å². The van der Waals surface area contributed by atoms with Crippen LogP contribution < -0.4 is 4.72 Å². The van der Waals surface area contributed by atoms with Crippen LogP contribution in [0.25, 0.3) is 10.9 Å². The number of hydrogen-bond acceptors (Lipinski definition) is 3. The van der Waals surface area contributed by atoms with Gasteiger partial charge in [0.1, 0.15) is 0 Å². The molecule has 0 fully saturated rings. The molecule has 0 bridgehead atoms.